The Labute approximate surface area is 132 Å². The normalized spacial score (nSPS) is 14.3. The van der Waals surface area contributed by atoms with Crippen LogP contribution in [0, 0.1) is 0 Å². The first kappa shape index (κ1) is 17.2. The molecule has 0 saturated carbocycles. The van der Waals surface area contributed by atoms with Gasteiger partial charge in [0, 0.05) is 6.61 Å². The van der Waals surface area contributed by atoms with Crippen LogP contribution in [0.2, 0.25) is 6.04 Å². The maximum atomic E-state index is 6.17. The molecular weight excluding hydrogens is 363 g/mol. The summed E-state index contributed by atoms with van der Waals surface area (Å²) >= 11 is 2.63. The Hall–Kier alpha value is 0.127. The van der Waals surface area contributed by atoms with Crippen molar-refractivity contribution in [1.29, 1.82) is 0 Å². The van der Waals surface area contributed by atoms with Crippen LogP contribution < -0.4 is 5.19 Å². The first-order valence-electron chi connectivity index (χ1n) is 7.61. The highest BCUT2D eigenvalue weighted by atomic mass is 127. The Bertz CT molecular complexity index is 331. The van der Waals surface area contributed by atoms with E-state index >= 15 is 0 Å². The lowest BCUT2D eigenvalue weighted by atomic mass is 10.1. The minimum absolute atomic E-state index is 0.833. The minimum atomic E-state index is -1.72. The van der Waals surface area contributed by atoms with Gasteiger partial charge in [-0.25, -0.2) is 0 Å². The summed E-state index contributed by atoms with van der Waals surface area (Å²) in [6.45, 7) is 5.22. The zero-order chi connectivity index (χ0) is 14.0. The van der Waals surface area contributed by atoms with E-state index in [0.717, 1.165) is 6.61 Å². The Balaban J connectivity index is 2.44. The van der Waals surface area contributed by atoms with Crippen molar-refractivity contribution < 1.29 is 4.43 Å². The molecule has 1 aromatic rings. The van der Waals surface area contributed by atoms with Crippen LogP contribution in [0.25, 0.3) is 0 Å². The minimum Gasteiger partial charge on any atom is -0.404 e. The maximum absolute atomic E-state index is 6.17. The SMILES string of the molecule is CCCCCCCC[Si](I)(OCC)c1ccccc1. The van der Waals surface area contributed by atoms with E-state index in [1.54, 1.807) is 0 Å². The summed E-state index contributed by atoms with van der Waals surface area (Å²) in [6, 6.07) is 12.1. The van der Waals surface area contributed by atoms with Crippen LogP contribution in [-0.4, -0.2) is 12.4 Å². The van der Waals surface area contributed by atoms with E-state index in [1.165, 1.54) is 49.8 Å². The Kier molecular flexibility index (Phi) is 8.99. The third-order valence-corrected chi connectivity index (χ3v) is 10.8. The molecule has 0 spiro atoms. The number of hydrogen-bond donors (Lipinski definition) is 0. The van der Waals surface area contributed by atoms with Gasteiger partial charge in [-0.15, -0.1) is 0 Å². The van der Waals surface area contributed by atoms with Crippen molar-refractivity contribution in [2.45, 2.75) is 58.4 Å². The summed E-state index contributed by atoms with van der Waals surface area (Å²) in [6.07, 6.45) is 8.17. The smallest absolute Gasteiger partial charge is 0.290 e. The van der Waals surface area contributed by atoms with Gasteiger partial charge >= 0.3 is 0 Å². The van der Waals surface area contributed by atoms with Gasteiger partial charge in [0.05, 0.1) is 0 Å². The summed E-state index contributed by atoms with van der Waals surface area (Å²) < 4.78 is 6.17. The fraction of sp³-hybridized carbons (Fsp3) is 0.625. The second-order valence-corrected chi connectivity index (χ2v) is 13.1. The molecule has 0 fully saturated rings. The van der Waals surface area contributed by atoms with Crippen LogP contribution in [0.3, 0.4) is 0 Å². The average molecular weight is 390 g/mol. The van der Waals surface area contributed by atoms with Crippen LogP contribution in [0.15, 0.2) is 30.3 Å². The first-order valence-corrected chi connectivity index (χ1v) is 12.8. The number of hydrogen-bond acceptors (Lipinski definition) is 1. The highest BCUT2D eigenvalue weighted by molar-refractivity contribution is 14.1. The van der Waals surface area contributed by atoms with E-state index < -0.39 is 5.81 Å². The predicted molar refractivity (Wildman–Crippen MR) is 95.7 cm³/mol. The fourth-order valence-electron chi connectivity index (χ4n) is 2.35. The molecule has 0 amide bonds. The summed E-state index contributed by atoms with van der Waals surface area (Å²) in [5, 5.41) is 1.44. The molecule has 0 aliphatic rings. The third-order valence-electron chi connectivity index (χ3n) is 3.43. The molecule has 0 heterocycles. The van der Waals surface area contributed by atoms with Crippen LogP contribution in [-0.2, 0) is 4.43 Å². The quantitative estimate of drug-likeness (QED) is 0.232. The molecule has 1 atom stereocenters. The van der Waals surface area contributed by atoms with Crippen molar-refractivity contribution in [2.75, 3.05) is 6.61 Å². The maximum Gasteiger partial charge on any atom is 0.290 e. The van der Waals surface area contributed by atoms with Crippen molar-refractivity contribution in [3.8, 4) is 0 Å². The van der Waals surface area contributed by atoms with E-state index in [2.05, 4.69) is 66.0 Å². The number of unbranched alkanes of at least 4 members (excludes halogenated alkanes) is 5. The van der Waals surface area contributed by atoms with E-state index in [0.29, 0.717) is 0 Å². The van der Waals surface area contributed by atoms with Crippen molar-refractivity contribution in [2.24, 2.45) is 0 Å². The fourth-order valence-corrected chi connectivity index (χ4v) is 7.96. The average Bonchev–Trinajstić information content (AvgIpc) is 2.44. The van der Waals surface area contributed by atoms with Crippen LogP contribution in [0.4, 0.5) is 0 Å². The Morgan fingerprint density at radius 2 is 1.58 bits per heavy atom. The molecule has 0 radical (unpaired) electrons. The van der Waals surface area contributed by atoms with E-state index in [1.807, 2.05) is 0 Å². The number of benzene rings is 1. The van der Waals surface area contributed by atoms with Crippen molar-refractivity contribution in [1.82, 2.24) is 0 Å². The largest absolute Gasteiger partial charge is 0.404 e. The molecular formula is C16H27IOSi. The lowest BCUT2D eigenvalue weighted by Crippen LogP contribution is -2.44. The second kappa shape index (κ2) is 9.94. The van der Waals surface area contributed by atoms with Crippen LogP contribution in [0.1, 0.15) is 52.4 Å². The van der Waals surface area contributed by atoms with E-state index in [9.17, 15) is 0 Å². The van der Waals surface area contributed by atoms with Gasteiger partial charge in [-0.1, -0.05) is 97.6 Å². The van der Waals surface area contributed by atoms with E-state index in [-0.39, 0.29) is 0 Å². The number of halogens is 1. The van der Waals surface area contributed by atoms with Gasteiger partial charge < -0.3 is 4.43 Å². The van der Waals surface area contributed by atoms with Crippen molar-refractivity contribution in [3.05, 3.63) is 30.3 Å². The summed E-state index contributed by atoms with van der Waals surface area (Å²) in [5.74, 6) is -1.72. The highest BCUT2D eigenvalue weighted by Gasteiger charge is 2.33. The van der Waals surface area contributed by atoms with Gasteiger partial charge in [-0.3, -0.25) is 0 Å². The monoisotopic (exact) mass is 390 g/mol. The Morgan fingerprint density at radius 1 is 0.947 bits per heavy atom. The standard InChI is InChI=1S/C16H27IOSi/c1-3-5-6-7-8-12-15-19(17,18-4-2)16-13-10-9-11-14-16/h9-11,13-14H,3-8,12,15H2,1-2H3. The molecule has 1 nitrogen and oxygen atoms in total. The zero-order valence-electron chi connectivity index (χ0n) is 12.3. The second-order valence-electron chi connectivity index (χ2n) is 5.05. The molecule has 0 aromatic heterocycles. The van der Waals surface area contributed by atoms with Crippen LogP contribution in [0.5, 0.6) is 0 Å². The molecule has 19 heavy (non-hydrogen) atoms. The van der Waals surface area contributed by atoms with Gasteiger partial charge in [0.1, 0.15) is 0 Å². The molecule has 1 unspecified atom stereocenters. The number of rotatable bonds is 10. The first-order chi connectivity index (χ1) is 9.23. The van der Waals surface area contributed by atoms with Gasteiger partial charge in [0.2, 0.25) is 0 Å². The molecule has 0 saturated heterocycles. The molecule has 1 rings (SSSR count). The molecule has 3 heteroatoms. The molecule has 0 aliphatic carbocycles. The topological polar surface area (TPSA) is 9.23 Å². The molecule has 0 aliphatic heterocycles. The molecule has 1 aromatic carbocycles. The van der Waals surface area contributed by atoms with Gasteiger partial charge in [-0.2, -0.15) is 0 Å². The van der Waals surface area contributed by atoms with E-state index in [4.69, 9.17) is 4.43 Å². The molecule has 0 N–H and O–H groups in total. The van der Waals surface area contributed by atoms with Gasteiger partial charge in [-0.05, 0) is 18.2 Å². The summed E-state index contributed by atoms with van der Waals surface area (Å²) in [5.41, 5.74) is 0. The lowest BCUT2D eigenvalue weighted by molar-refractivity contribution is 0.346. The lowest BCUT2D eigenvalue weighted by Gasteiger charge is -2.25. The van der Waals surface area contributed by atoms with Crippen molar-refractivity contribution in [3.63, 3.8) is 0 Å². The highest BCUT2D eigenvalue weighted by Crippen LogP contribution is 2.24. The zero-order valence-corrected chi connectivity index (χ0v) is 15.5. The van der Waals surface area contributed by atoms with Gasteiger partial charge in [0.15, 0.2) is 0 Å². The summed E-state index contributed by atoms with van der Waals surface area (Å²) in [7, 11) is 0. The predicted octanol–water partition coefficient (Wildman–Crippen LogP) is 5.17. The third kappa shape index (κ3) is 6.41. The summed E-state index contributed by atoms with van der Waals surface area (Å²) in [4.78, 5) is 0. The van der Waals surface area contributed by atoms with Crippen LogP contribution >= 0.6 is 21.8 Å². The van der Waals surface area contributed by atoms with Gasteiger partial charge in [0.25, 0.3) is 5.81 Å². The Morgan fingerprint density at radius 3 is 2.21 bits per heavy atom. The molecule has 0 bridgehead atoms. The van der Waals surface area contributed by atoms with Crippen molar-refractivity contribution >= 4 is 32.8 Å². The molecule has 108 valence electrons.